The lowest BCUT2D eigenvalue weighted by atomic mass is 10.0. The fourth-order valence-electron chi connectivity index (χ4n) is 2.67. The Morgan fingerprint density at radius 1 is 1.33 bits per heavy atom. The summed E-state index contributed by atoms with van der Waals surface area (Å²) >= 11 is 0. The quantitative estimate of drug-likeness (QED) is 0.765. The van der Waals surface area contributed by atoms with Gasteiger partial charge in [0.2, 0.25) is 0 Å². The third-order valence-electron chi connectivity index (χ3n) is 3.93. The van der Waals surface area contributed by atoms with Gasteiger partial charge in [-0.3, -0.25) is 4.79 Å². The van der Waals surface area contributed by atoms with Gasteiger partial charge in [0, 0.05) is 24.3 Å². The SMILES string of the molecule is Cc1ccc(N(C)C2CCN(C)CC2)c(C=O)c1. The van der Waals surface area contributed by atoms with Crippen LogP contribution in [0.5, 0.6) is 0 Å². The van der Waals surface area contributed by atoms with Crippen LogP contribution in [-0.4, -0.2) is 44.4 Å². The van der Waals surface area contributed by atoms with Gasteiger partial charge in [-0.2, -0.15) is 0 Å². The van der Waals surface area contributed by atoms with Crippen molar-refractivity contribution in [2.75, 3.05) is 32.1 Å². The molecule has 0 N–H and O–H groups in total. The van der Waals surface area contributed by atoms with Crippen molar-refractivity contribution in [1.82, 2.24) is 4.90 Å². The smallest absolute Gasteiger partial charge is 0.152 e. The zero-order chi connectivity index (χ0) is 13.1. The Morgan fingerprint density at radius 2 is 2.00 bits per heavy atom. The molecule has 3 nitrogen and oxygen atoms in total. The molecule has 0 atom stereocenters. The maximum atomic E-state index is 11.2. The number of piperidine rings is 1. The van der Waals surface area contributed by atoms with Crippen LogP contribution in [0.1, 0.15) is 28.8 Å². The average molecular weight is 246 g/mol. The summed E-state index contributed by atoms with van der Waals surface area (Å²) in [7, 11) is 4.27. The lowest BCUT2D eigenvalue weighted by Gasteiger charge is -2.37. The van der Waals surface area contributed by atoms with Crippen molar-refractivity contribution >= 4 is 12.0 Å². The third-order valence-corrected chi connectivity index (χ3v) is 3.93. The molecule has 98 valence electrons. The minimum absolute atomic E-state index is 0.544. The van der Waals surface area contributed by atoms with Crippen molar-refractivity contribution in [2.24, 2.45) is 0 Å². The van der Waals surface area contributed by atoms with E-state index in [4.69, 9.17) is 0 Å². The van der Waals surface area contributed by atoms with Crippen molar-refractivity contribution in [3.8, 4) is 0 Å². The van der Waals surface area contributed by atoms with Gasteiger partial charge in [-0.05, 0) is 52.0 Å². The molecule has 1 aromatic rings. The fraction of sp³-hybridized carbons (Fsp3) is 0.533. The molecule has 2 rings (SSSR count). The summed E-state index contributed by atoms with van der Waals surface area (Å²) in [4.78, 5) is 15.8. The molecule has 0 radical (unpaired) electrons. The topological polar surface area (TPSA) is 23.6 Å². The van der Waals surface area contributed by atoms with E-state index in [1.165, 1.54) is 12.8 Å². The van der Waals surface area contributed by atoms with E-state index in [9.17, 15) is 4.79 Å². The minimum Gasteiger partial charge on any atom is -0.371 e. The van der Waals surface area contributed by atoms with Crippen molar-refractivity contribution in [3.05, 3.63) is 29.3 Å². The number of benzene rings is 1. The average Bonchev–Trinajstić information content (AvgIpc) is 2.38. The highest BCUT2D eigenvalue weighted by atomic mass is 16.1. The Labute approximate surface area is 109 Å². The molecule has 0 spiro atoms. The number of aryl methyl sites for hydroxylation is 1. The van der Waals surface area contributed by atoms with Crippen molar-refractivity contribution in [1.29, 1.82) is 0 Å². The highest BCUT2D eigenvalue weighted by molar-refractivity contribution is 5.85. The van der Waals surface area contributed by atoms with E-state index < -0.39 is 0 Å². The van der Waals surface area contributed by atoms with Crippen LogP contribution >= 0.6 is 0 Å². The van der Waals surface area contributed by atoms with Gasteiger partial charge in [0.1, 0.15) is 0 Å². The molecule has 18 heavy (non-hydrogen) atoms. The first-order valence-corrected chi connectivity index (χ1v) is 6.59. The monoisotopic (exact) mass is 246 g/mol. The lowest BCUT2D eigenvalue weighted by molar-refractivity contribution is 0.112. The molecule has 0 saturated carbocycles. The van der Waals surface area contributed by atoms with Crippen LogP contribution in [0.15, 0.2) is 18.2 Å². The van der Waals surface area contributed by atoms with E-state index in [1.54, 1.807) is 0 Å². The predicted molar refractivity (Wildman–Crippen MR) is 75.5 cm³/mol. The number of carbonyl (C=O) groups is 1. The third kappa shape index (κ3) is 2.72. The summed E-state index contributed by atoms with van der Waals surface area (Å²) in [5.41, 5.74) is 3.00. The molecule has 3 heteroatoms. The second kappa shape index (κ2) is 5.53. The van der Waals surface area contributed by atoms with E-state index >= 15 is 0 Å². The van der Waals surface area contributed by atoms with Gasteiger partial charge in [0.25, 0.3) is 0 Å². The van der Waals surface area contributed by atoms with Gasteiger partial charge in [0.05, 0.1) is 0 Å². The summed E-state index contributed by atoms with van der Waals surface area (Å²) in [5, 5.41) is 0. The molecule has 1 fully saturated rings. The van der Waals surface area contributed by atoms with Gasteiger partial charge in [-0.1, -0.05) is 11.6 Å². The molecule has 1 aromatic carbocycles. The predicted octanol–water partition coefficient (Wildman–Crippen LogP) is 2.34. The number of aldehydes is 1. The number of rotatable bonds is 3. The summed E-state index contributed by atoms with van der Waals surface area (Å²) in [5.74, 6) is 0. The van der Waals surface area contributed by atoms with Crippen molar-refractivity contribution < 1.29 is 4.79 Å². The molecular formula is C15H22N2O. The maximum Gasteiger partial charge on any atom is 0.152 e. The molecule has 1 heterocycles. The Hall–Kier alpha value is -1.35. The van der Waals surface area contributed by atoms with Gasteiger partial charge in [-0.25, -0.2) is 0 Å². The summed E-state index contributed by atoms with van der Waals surface area (Å²) < 4.78 is 0. The molecule has 0 amide bonds. The van der Waals surface area contributed by atoms with E-state index in [1.807, 2.05) is 13.0 Å². The van der Waals surface area contributed by atoms with E-state index in [0.29, 0.717) is 6.04 Å². The number of anilines is 1. The summed E-state index contributed by atoms with van der Waals surface area (Å²) in [6, 6.07) is 6.65. The van der Waals surface area contributed by atoms with Crippen LogP contribution in [0, 0.1) is 6.92 Å². The molecule has 1 aliphatic rings. The molecule has 1 aliphatic heterocycles. The molecule has 0 aromatic heterocycles. The van der Waals surface area contributed by atoms with Gasteiger partial charge >= 0.3 is 0 Å². The Bertz CT molecular complexity index is 423. The van der Waals surface area contributed by atoms with Crippen LogP contribution in [-0.2, 0) is 0 Å². The number of hydrogen-bond donors (Lipinski definition) is 0. The molecule has 1 saturated heterocycles. The zero-order valence-corrected chi connectivity index (χ0v) is 11.5. The summed E-state index contributed by atoms with van der Waals surface area (Å²) in [6.45, 7) is 4.29. The van der Waals surface area contributed by atoms with Crippen LogP contribution < -0.4 is 4.90 Å². The van der Waals surface area contributed by atoms with Gasteiger partial charge in [-0.15, -0.1) is 0 Å². The maximum absolute atomic E-state index is 11.2. The normalized spacial score (nSPS) is 17.7. The minimum atomic E-state index is 0.544. The fourth-order valence-corrected chi connectivity index (χ4v) is 2.67. The number of carbonyl (C=O) groups excluding carboxylic acids is 1. The van der Waals surface area contributed by atoms with Crippen molar-refractivity contribution in [3.63, 3.8) is 0 Å². The Morgan fingerprint density at radius 3 is 2.61 bits per heavy atom. The van der Waals surface area contributed by atoms with E-state index in [0.717, 1.165) is 36.2 Å². The second-order valence-electron chi connectivity index (χ2n) is 5.33. The lowest BCUT2D eigenvalue weighted by Crippen LogP contribution is -2.42. The van der Waals surface area contributed by atoms with Crippen LogP contribution in [0.3, 0.4) is 0 Å². The first-order chi connectivity index (χ1) is 8.61. The largest absolute Gasteiger partial charge is 0.371 e. The van der Waals surface area contributed by atoms with Crippen LogP contribution in [0.25, 0.3) is 0 Å². The number of hydrogen-bond acceptors (Lipinski definition) is 3. The van der Waals surface area contributed by atoms with Gasteiger partial charge in [0.15, 0.2) is 6.29 Å². The van der Waals surface area contributed by atoms with Gasteiger partial charge < -0.3 is 9.80 Å². The van der Waals surface area contributed by atoms with Crippen molar-refractivity contribution in [2.45, 2.75) is 25.8 Å². The first kappa shape index (κ1) is 13.1. The Balaban J connectivity index is 2.17. The van der Waals surface area contributed by atoms with E-state index in [-0.39, 0.29) is 0 Å². The highest BCUT2D eigenvalue weighted by Crippen LogP contribution is 2.25. The standard InChI is InChI=1S/C15H22N2O/c1-12-4-5-15(13(10-12)11-18)17(3)14-6-8-16(2)9-7-14/h4-5,10-11,14H,6-9H2,1-3H3. The second-order valence-corrected chi connectivity index (χ2v) is 5.33. The molecule has 0 bridgehead atoms. The molecular weight excluding hydrogens is 224 g/mol. The van der Waals surface area contributed by atoms with E-state index in [2.05, 4.69) is 36.0 Å². The van der Waals surface area contributed by atoms with Crippen LogP contribution in [0.2, 0.25) is 0 Å². The molecule has 0 unspecified atom stereocenters. The number of nitrogens with zero attached hydrogens (tertiary/aromatic N) is 2. The first-order valence-electron chi connectivity index (χ1n) is 6.59. The Kier molecular flexibility index (Phi) is 4.02. The highest BCUT2D eigenvalue weighted by Gasteiger charge is 2.22. The summed E-state index contributed by atoms with van der Waals surface area (Å²) in [6.07, 6.45) is 3.30. The number of likely N-dealkylation sites (tertiary alicyclic amines) is 1. The zero-order valence-electron chi connectivity index (χ0n) is 11.5. The molecule has 0 aliphatic carbocycles. The van der Waals surface area contributed by atoms with Crippen LogP contribution in [0.4, 0.5) is 5.69 Å².